The summed E-state index contributed by atoms with van der Waals surface area (Å²) in [7, 11) is 0. The quantitative estimate of drug-likeness (QED) is 0.800. The molecule has 20 heavy (non-hydrogen) atoms. The van der Waals surface area contributed by atoms with E-state index in [1.165, 1.54) is 0 Å². The average Bonchev–Trinajstić information content (AvgIpc) is 2.97. The van der Waals surface area contributed by atoms with Crippen molar-refractivity contribution in [3.8, 4) is 0 Å². The number of carbonyl (C=O) groups is 1. The molecule has 1 aromatic heterocycles. The van der Waals surface area contributed by atoms with Crippen LogP contribution in [0.5, 0.6) is 0 Å². The molecule has 1 amide bonds. The average molecular weight is 273 g/mol. The van der Waals surface area contributed by atoms with Gasteiger partial charge in [-0.3, -0.25) is 9.48 Å². The minimum atomic E-state index is -0.0237. The van der Waals surface area contributed by atoms with Crippen molar-refractivity contribution in [1.29, 1.82) is 0 Å². The van der Waals surface area contributed by atoms with Crippen molar-refractivity contribution in [3.63, 3.8) is 0 Å². The zero-order chi connectivity index (χ0) is 14.2. The Bertz CT molecular complexity index is 538. The number of anilines is 1. The highest BCUT2D eigenvalue weighted by Gasteiger charge is 2.06. The van der Waals surface area contributed by atoms with Crippen LogP contribution in [0.4, 0.5) is 5.69 Å². The largest absolute Gasteiger partial charge is 0.326 e. The van der Waals surface area contributed by atoms with Crippen LogP contribution in [0.15, 0.2) is 36.7 Å². The van der Waals surface area contributed by atoms with Gasteiger partial charge in [0, 0.05) is 24.8 Å². The lowest BCUT2D eigenvalue weighted by molar-refractivity contribution is -0.116. The van der Waals surface area contributed by atoms with Crippen molar-refractivity contribution in [2.45, 2.75) is 26.4 Å². The van der Waals surface area contributed by atoms with Crippen LogP contribution in [0.2, 0.25) is 0 Å². The van der Waals surface area contributed by atoms with E-state index in [-0.39, 0.29) is 5.91 Å². The summed E-state index contributed by atoms with van der Waals surface area (Å²) in [6.45, 7) is 4.23. The fraction of sp³-hybridized carbons (Fsp3) is 0.357. The number of hydrogen-bond donors (Lipinski definition) is 2. The molecule has 0 atom stereocenters. The maximum atomic E-state index is 11.9. The molecule has 0 fully saturated rings. The summed E-state index contributed by atoms with van der Waals surface area (Å²) in [5.74, 6) is -0.0237. The summed E-state index contributed by atoms with van der Waals surface area (Å²) in [6.07, 6.45) is 3.72. The molecule has 0 spiro atoms. The molecule has 6 heteroatoms. The van der Waals surface area contributed by atoms with Gasteiger partial charge in [-0.1, -0.05) is 30.3 Å². The van der Waals surface area contributed by atoms with E-state index in [1.54, 1.807) is 17.1 Å². The molecule has 0 radical (unpaired) electrons. The third-order valence-electron chi connectivity index (χ3n) is 2.90. The summed E-state index contributed by atoms with van der Waals surface area (Å²) in [4.78, 5) is 11.9. The first kappa shape index (κ1) is 14.2. The molecule has 6 nitrogen and oxygen atoms in total. The molecule has 1 aromatic carbocycles. The molecule has 0 aliphatic heterocycles. The van der Waals surface area contributed by atoms with Crippen molar-refractivity contribution in [2.24, 2.45) is 0 Å². The van der Waals surface area contributed by atoms with Gasteiger partial charge < -0.3 is 10.6 Å². The molecule has 0 unspecified atom stereocenters. The van der Waals surface area contributed by atoms with Crippen LogP contribution in [0, 0.1) is 0 Å². The van der Waals surface area contributed by atoms with Crippen LogP contribution in [-0.2, 0) is 17.9 Å². The molecule has 0 saturated carbocycles. The van der Waals surface area contributed by atoms with Gasteiger partial charge in [0.2, 0.25) is 5.91 Å². The van der Waals surface area contributed by atoms with Crippen LogP contribution in [-0.4, -0.2) is 27.4 Å². The molecule has 0 aliphatic rings. The Kier molecular flexibility index (Phi) is 5.25. The molecular formula is C14H19N5O. The number of rotatable bonds is 7. The lowest BCUT2D eigenvalue weighted by Gasteiger charge is -2.11. The van der Waals surface area contributed by atoms with E-state index >= 15 is 0 Å². The van der Waals surface area contributed by atoms with Crippen LogP contribution in [0.1, 0.15) is 18.9 Å². The number of carbonyl (C=O) groups excluding carboxylic acids is 1. The summed E-state index contributed by atoms with van der Waals surface area (Å²) >= 11 is 0. The Morgan fingerprint density at radius 1 is 1.35 bits per heavy atom. The van der Waals surface area contributed by atoms with Crippen molar-refractivity contribution in [1.82, 2.24) is 20.3 Å². The van der Waals surface area contributed by atoms with Gasteiger partial charge in [-0.2, -0.15) is 0 Å². The Morgan fingerprint density at radius 3 is 2.95 bits per heavy atom. The third-order valence-corrected chi connectivity index (χ3v) is 2.90. The number of nitrogens with zero attached hydrogens (tertiary/aromatic N) is 3. The molecule has 0 aliphatic carbocycles. The first-order chi connectivity index (χ1) is 9.79. The van der Waals surface area contributed by atoms with E-state index in [9.17, 15) is 4.79 Å². The second kappa shape index (κ2) is 7.40. The van der Waals surface area contributed by atoms with Crippen molar-refractivity contribution < 1.29 is 4.79 Å². The minimum absolute atomic E-state index is 0.0237. The first-order valence-electron chi connectivity index (χ1n) is 6.72. The predicted molar refractivity (Wildman–Crippen MR) is 77.1 cm³/mol. The molecule has 0 saturated heterocycles. The lowest BCUT2D eigenvalue weighted by atomic mass is 10.1. The molecule has 2 rings (SSSR count). The standard InChI is InChI=1S/C14H19N5O/c1-2-15-11-12-5-3-4-6-13(12)17-14(20)7-9-19-10-8-16-18-19/h3-6,8,10,15H,2,7,9,11H2,1H3,(H,17,20). The highest BCUT2D eigenvalue weighted by atomic mass is 16.1. The highest BCUT2D eigenvalue weighted by Crippen LogP contribution is 2.15. The normalized spacial score (nSPS) is 10.4. The van der Waals surface area contributed by atoms with Gasteiger partial charge in [-0.05, 0) is 18.2 Å². The molecule has 2 aromatic rings. The maximum Gasteiger partial charge on any atom is 0.226 e. The second-order valence-electron chi connectivity index (χ2n) is 4.40. The van der Waals surface area contributed by atoms with E-state index in [4.69, 9.17) is 0 Å². The fourth-order valence-corrected chi connectivity index (χ4v) is 1.84. The SMILES string of the molecule is CCNCc1ccccc1NC(=O)CCn1ccnn1. The van der Waals surface area contributed by atoms with Gasteiger partial charge in [0.25, 0.3) is 0 Å². The number of aromatic nitrogens is 3. The topological polar surface area (TPSA) is 71.8 Å². The monoisotopic (exact) mass is 273 g/mol. The summed E-state index contributed by atoms with van der Waals surface area (Å²) in [5.41, 5.74) is 1.94. The molecule has 1 heterocycles. The maximum absolute atomic E-state index is 11.9. The Hall–Kier alpha value is -2.21. The molecular weight excluding hydrogens is 254 g/mol. The van der Waals surface area contributed by atoms with E-state index in [0.717, 1.165) is 24.3 Å². The second-order valence-corrected chi connectivity index (χ2v) is 4.40. The Balaban J connectivity index is 1.90. The Morgan fingerprint density at radius 2 is 2.20 bits per heavy atom. The van der Waals surface area contributed by atoms with Gasteiger partial charge in [0.1, 0.15) is 0 Å². The Labute approximate surface area is 118 Å². The van der Waals surface area contributed by atoms with Gasteiger partial charge >= 0.3 is 0 Å². The van der Waals surface area contributed by atoms with Crippen LogP contribution in [0.3, 0.4) is 0 Å². The number of aryl methyl sites for hydroxylation is 1. The van der Waals surface area contributed by atoms with Crippen LogP contribution in [0.25, 0.3) is 0 Å². The minimum Gasteiger partial charge on any atom is -0.326 e. The predicted octanol–water partition coefficient (Wildman–Crippen LogP) is 1.42. The van der Waals surface area contributed by atoms with Crippen molar-refractivity contribution >= 4 is 11.6 Å². The van der Waals surface area contributed by atoms with E-state index < -0.39 is 0 Å². The van der Waals surface area contributed by atoms with Gasteiger partial charge in [-0.25, -0.2) is 0 Å². The van der Waals surface area contributed by atoms with Crippen molar-refractivity contribution in [3.05, 3.63) is 42.2 Å². The third kappa shape index (κ3) is 4.17. The number of benzene rings is 1. The van der Waals surface area contributed by atoms with Gasteiger partial charge in [-0.15, -0.1) is 5.10 Å². The van der Waals surface area contributed by atoms with Crippen molar-refractivity contribution in [2.75, 3.05) is 11.9 Å². The zero-order valence-electron chi connectivity index (χ0n) is 11.5. The number of amides is 1. The number of nitrogens with one attached hydrogen (secondary N) is 2. The number of para-hydroxylation sites is 1. The van der Waals surface area contributed by atoms with E-state index in [0.29, 0.717) is 13.0 Å². The van der Waals surface area contributed by atoms with Gasteiger partial charge in [0.15, 0.2) is 0 Å². The van der Waals surface area contributed by atoms with Crippen LogP contribution >= 0.6 is 0 Å². The van der Waals surface area contributed by atoms with Crippen LogP contribution < -0.4 is 10.6 Å². The lowest BCUT2D eigenvalue weighted by Crippen LogP contribution is -2.18. The molecule has 106 valence electrons. The van der Waals surface area contributed by atoms with Gasteiger partial charge in [0.05, 0.1) is 12.7 Å². The summed E-state index contributed by atoms with van der Waals surface area (Å²) in [6, 6.07) is 7.82. The highest BCUT2D eigenvalue weighted by molar-refractivity contribution is 5.91. The van der Waals surface area contributed by atoms with E-state index in [2.05, 4.69) is 27.9 Å². The summed E-state index contributed by atoms with van der Waals surface area (Å²) < 4.78 is 1.64. The number of hydrogen-bond acceptors (Lipinski definition) is 4. The first-order valence-corrected chi connectivity index (χ1v) is 6.72. The fourth-order valence-electron chi connectivity index (χ4n) is 1.84. The van der Waals surface area contributed by atoms with E-state index in [1.807, 2.05) is 24.3 Å². The smallest absolute Gasteiger partial charge is 0.226 e. The molecule has 0 bridgehead atoms. The molecule has 2 N–H and O–H groups in total. The zero-order valence-corrected chi connectivity index (χ0v) is 11.5. The summed E-state index contributed by atoms with van der Waals surface area (Å²) in [5, 5.41) is 13.7.